The number of esters is 1. The van der Waals surface area contributed by atoms with Crippen LogP contribution in [-0.2, 0) is 20.9 Å². The number of nitrogens with zero attached hydrogens (tertiary/aromatic N) is 3. The fraction of sp³-hybridized carbons (Fsp3) is 0.391. The van der Waals surface area contributed by atoms with Gasteiger partial charge in [0.2, 0.25) is 5.91 Å². The quantitative estimate of drug-likeness (QED) is 0.567. The third-order valence-electron chi connectivity index (χ3n) is 5.46. The topological polar surface area (TPSA) is 112 Å². The van der Waals surface area contributed by atoms with Crippen molar-refractivity contribution in [2.75, 3.05) is 45.2 Å². The SMILES string of the molecule is COC(=O)c1ccccc1NC(=O)C[C@@H](CN1CCN(Cc2cccnc2)CC1)C(=O)O. The van der Waals surface area contributed by atoms with Gasteiger partial charge in [-0.3, -0.25) is 24.4 Å². The number of carboxylic acids is 1. The maximum Gasteiger partial charge on any atom is 0.339 e. The zero-order valence-corrected chi connectivity index (χ0v) is 18.1. The zero-order valence-electron chi connectivity index (χ0n) is 18.1. The summed E-state index contributed by atoms with van der Waals surface area (Å²) < 4.78 is 4.73. The number of pyridine rings is 1. The molecule has 1 aliphatic heterocycles. The summed E-state index contributed by atoms with van der Waals surface area (Å²) in [7, 11) is 1.26. The second-order valence-electron chi connectivity index (χ2n) is 7.76. The van der Waals surface area contributed by atoms with Crippen LogP contribution in [0.15, 0.2) is 48.8 Å². The lowest BCUT2D eigenvalue weighted by Crippen LogP contribution is -2.48. The lowest BCUT2D eigenvalue weighted by atomic mass is 10.0. The number of carbonyl (C=O) groups excluding carboxylic acids is 2. The highest BCUT2D eigenvalue weighted by atomic mass is 16.5. The number of hydrogen-bond acceptors (Lipinski definition) is 7. The maximum absolute atomic E-state index is 12.5. The highest BCUT2D eigenvalue weighted by Crippen LogP contribution is 2.18. The molecular weight excluding hydrogens is 412 g/mol. The Hall–Kier alpha value is -3.30. The van der Waals surface area contributed by atoms with Gasteiger partial charge in [0.05, 0.1) is 24.3 Å². The molecule has 0 aliphatic carbocycles. The minimum Gasteiger partial charge on any atom is -0.481 e. The van der Waals surface area contributed by atoms with Crippen LogP contribution in [0, 0.1) is 5.92 Å². The summed E-state index contributed by atoms with van der Waals surface area (Å²) in [5, 5.41) is 12.3. The van der Waals surface area contributed by atoms with E-state index in [9.17, 15) is 19.5 Å². The first-order valence-electron chi connectivity index (χ1n) is 10.5. The summed E-state index contributed by atoms with van der Waals surface area (Å²) in [4.78, 5) is 44.7. The molecule has 2 N–H and O–H groups in total. The molecule has 0 saturated carbocycles. The van der Waals surface area contributed by atoms with E-state index in [1.165, 1.54) is 7.11 Å². The van der Waals surface area contributed by atoms with Crippen LogP contribution in [0.25, 0.3) is 0 Å². The van der Waals surface area contributed by atoms with Gasteiger partial charge in [-0.25, -0.2) is 4.79 Å². The number of anilines is 1. The Morgan fingerprint density at radius 3 is 2.47 bits per heavy atom. The third-order valence-corrected chi connectivity index (χ3v) is 5.46. The molecule has 9 heteroatoms. The molecule has 2 aromatic rings. The van der Waals surface area contributed by atoms with Crippen molar-refractivity contribution in [2.24, 2.45) is 5.92 Å². The molecule has 32 heavy (non-hydrogen) atoms. The Bertz CT molecular complexity index is 929. The van der Waals surface area contributed by atoms with Crippen LogP contribution in [0.1, 0.15) is 22.3 Å². The summed E-state index contributed by atoms with van der Waals surface area (Å²) in [5.74, 6) is -2.88. The van der Waals surface area contributed by atoms with Crippen molar-refractivity contribution in [2.45, 2.75) is 13.0 Å². The van der Waals surface area contributed by atoms with Crippen molar-refractivity contribution < 1.29 is 24.2 Å². The number of amides is 1. The minimum atomic E-state index is -1.01. The molecule has 1 atom stereocenters. The predicted octanol–water partition coefficient (Wildman–Crippen LogP) is 1.72. The van der Waals surface area contributed by atoms with Crippen LogP contribution in [0.5, 0.6) is 0 Å². The molecular formula is C23H28N4O5. The zero-order chi connectivity index (χ0) is 22.9. The summed E-state index contributed by atoms with van der Waals surface area (Å²) in [6.45, 7) is 4.21. The Labute approximate surface area is 187 Å². The third kappa shape index (κ3) is 6.60. The summed E-state index contributed by atoms with van der Waals surface area (Å²) in [5.41, 5.74) is 1.67. The largest absolute Gasteiger partial charge is 0.481 e. The summed E-state index contributed by atoms with van der Waals surface area (Å²) in [6.07, 6.45) is 3.42. The molecule has 1 aromatic heterocycles. The van der Waals surface area contributed by atoms with Gasteiger partial charge in [-0.1, -0.05) is 18.2 Å². The fourth-order valence-corrected chi connectivity index (χ4v) is 3.73. The first-order chi connectivity index (χ1) is 15.5. The predicted molar refractivity (Wildman–Crippen MR) is 118 cm³/mol. The number of rotatable bonds is 9. The first kappa shape index (κ1) is 23.4. The molecule has 1 fully saturated rings. The lowest BCUT2D eigenvalue weighted by molar-refractivity contribution is -0.144. The number of ether oxygens (including phenoxy) is 1. The normalized spacial score (nSPS) is 15.7. The number of benzene rings is 1. The van der Waals surface area contributed by atoms with Crippen LogP contribution in [-0.4, -0.2) is 77.6 Å². The summed E-state index contributed by atoms with van der Waals surface area (Å²) in [6, 6.07) is 10.4. The molecule has 9 nitrogen and oxygen atoms in total. The molecule has 1 saturated heterocycles. The molecule has 1 amide bonds. The highest BCUT2D eigenvalue weighted by Gasteiger charge is 2.27. The van der Waals surface area contributed by atoms with Crippen LogP contribution in [0.4, 0.5) is 5.69 Å². The van der Waals surface area contributed by atoms with Crippen molar-refractivity contribution in [1.82, 2.24) is 14.8 Å². The van der Waals surface area contributed by atoms with E-state index < -0.39 is 23.8 Å². The van der Waals surface area contributed by atoms with Gasteiger partial charge in [0.25, 0.3) is 0 Å². The van der Waals surface area contributed by atoms with Crippen molar-refractivity contribution in [3.8, 4) is 0 Å². The number of carboxylic acid groups (broad SMARTS) is 1. The molecule has 3 rings (SSSR count). The van der Waals surface area contributed by atoms with E-state index in [1.807, 2.05) is 18.3 Å². The summed E-state index contributed by atoms with van der Waals surface area (Å²) >= 11 is 0. The highest BCUT2D eigenvalue weighted by molar-refractivity contribution is 6.01. The number of hydrogen-bond donors (Lipinski definition) is 2. The van der Waals surface area contributed by atoms with Gasteiger partial charge < -0.3 is 15.2 Å². The van der Waals surface area contributed by atoms with Gasteiger partial charge in [-0.15, -0.1) is 0 Å². The number of nitrogens with one attached hydrogen (secondary N) is 1. The second-order valence-corrected chi connectivity index (χ2v) is 7.76. The van der Waals surface area contributed by atoms with Crippen LogP contribution in [0.2, 0.25) is 0 Å². The number of aliphatic carboxylic acids is 1. The van der Waals surface area contributed by atoms with Crippen LogP contribution < -0.4 is 5.32 Å². The van der Waals surface area contributed by atoms with E-state index in [0.29, 0.717) is 12.2 Å². The molecule has 1 aromatic carbocycles. The monoisotopic (exact) mass is 440 g/mol. The van der Waals surface area contributed by atoms with Crippen molar-refractivity contribution in [3.05, 3.63) is 59.9 Å². The van der Waals surface area contributed by atoms with Gasteiger partial charge in [-0.05, 0) is 23.8 Å². The van der Waals surface area contributed by atoms with Gasteiger partial charge >= 0.3 is 11.9 Å². The molecule has 0 bridgehead atoms. The number of piperazine rings is 1. The van der Waals surface area contributed by atoms with E-state index in [0.717, 1.165) is 38.3 Å². The van der Waals surface area contributed by atoms with Gasteiger partial charge in [0.1, 0.15) is 0 Å². The van der Waals surface area contributed by atoms with Crippen molar-refractivity contribution >= 4 is 23.5 Å². The smallest absolute Gasteiger partial charge is 0.339 e. The van der Waals surface area contributed by atoms with Crippen molar-refractivity contribution in [3.63, 3.8) is 0 Å². The molecule has 2 heterocycles. The van der Waals surface area contributed by atoms with Crippen LogP contribution in [0.3, 0.4) is 0 Å². The first-order valence-corrected chi connectivity index (χ1v) is 10.5. The number of para-hydroxylation sites is 1. The molecule has 0 spiro atoms. The van der Waals surface area contributed by atoms with E-state index in [2.05, 4.69) is 20.1 Å². The van der Waals surface area contributed by atoms with Crippen molar-refractivity contribution in [1.29, 1.82) is 0 Å². The molecule has 1 aliphatic rings. The maximum atomic E-state index is 12.5. The Morgan fingerprint density at radius 2 is 1.81 bits per heavy atom. The average Bonchev–Trinajstić information content (AvgIpc) is 2.80. The fourth-order valence-electron chi connectivity index (χ4n) is 3.73. The van der Waals surface area contributed by atoms with Gasteiger partial charge in [0, 0.05) is 58.1 Å². The second kappa shape index (κ2) is 11.4. The van der Waals surface area contributed by atoms with E-state index in [-0.39, 0.29) is 12.0 Å². The number of carbonyl (C=O) groups is 3. The number of aromatic nitrogens is 1. The lowest BCUT2D eigenvalue weighted by Gasteiger charge is -2.35. The molecule has 0 radical (unpaired) electrons. The minimum absolute atomic E-state index is 0.180. The van der Waals surface area contributed by atoms with Gasteiger partial charge in [0.15, 0.2) is 0 Å². The standard InChI is InChI=1S/C23H28N4O5/c1-32-23(31)19-6-2-3-7-20(19)25-21(28)13-18(22(29)30)16-27-11-9-26(10-12-27)15-17-5-4-8-24-14-17/h2-8,14,18H,9-13,15-16H2,1H3,(H,25,28)(H,29,30)/t18-/m0/s1. The number of methoxy groups -OCH3 is 1. The van der Waals surface area contributed by atoms with E-state index in [4.69, 9.17) is 4.74 Å². The van der Waals surface area contributed by atoms with Gasteiger partial charge in [-0.2, -0.15) is 0 Å². The Balaban J connectivity index is 1.51. The Morgan fingerprint density at radius 1 is 1.09 bits per heavy atom. The molecule has 0 unspecified atom stereocenters. The Kier molecular flexibility index (Phi) is 8.29. The van der Waals surface area contributed by atoms with Crippen LogP contribution >= 0.6 is 0 Å². The van der Waals surface area contributed by atoms with E-state index >= 15 is 0 Å². The molecule has 170 valence electrons. The average molecular weight is 441 g/mol. The van der Waals surface area contributed by atoms with E-state index in [1.54, 1.807) is 30.5 Å².